The monoisotopic (exact) mass is 1070 g/mol. The second-order valence-electron chi connectivity index (χ2n) is 16.1. The zero-order valence-corrected chi connectivity index (χ0v) is 42.3. The molecule has 0 spiro atoms. The molecule has 1 fully saturated rings. The number of fused-ring (bicyclic) bond motifs is 1. The molecule has 3 rings (SSSR count). The normalized spacial score (nSPS) is 20.8. The standard InChI is InChI=1S/C41H64N7O18P3S/c1-4-5-6-7-12-15-18-29(49)19-16-13-10-8-9-11-14-17-20-32(51)70-24-23-43-31(50)21-22-44-39(54)36(53)41(2,3)26-63-69(60,61)66-68(58,59)62-25-30-35(65-67(55,56)57)34(52)40(64-30)48-28-47-33-37(42)45-27-46-38(33)48/h5-6,9-13,15-16,19,27-30,34-36,40,49,52-53H,4,7-8,14,17-18,20-26H2,1-3H3,(H,43,50)(H,44,54)(H,58,59)(H,60,61)(H2,42,45,46)(H2,55,56,57)/b6-5+,11-9+,13-10+,15-12+,19-16+. The molecule has 11 N–H and O–H groups in total. The Morgan fingerprint density at radius 1 is 0.929 bits per heavy atom. The molecule has 29 heteroatoms. The molecule has 392 valence electrons. The second-order valence-corrected chi connectivity index (χ2v) is 21.5. The van der Waals surface area contributed by atoms with E-state index in [0.717, 1.165) is 54.7 Å². The lowest BCUT2D eigenvalue weighted by Crippen LogP contribution is -2.46. The van der Waals surface area contributed by atoms with Crippen molar-refractivity contribution in [3.8, 4) is 0 Å². The molecular weight excluding hydrogens is 1000 g/mol. The van der Waals surface area contributed by atoms with E-state index in [1.807, 2.05) is 42.5 Å². The van der Waals surface area contributed by atoms with Crippen LogP contribution in [0.5, 0.6) is 0 Å². The summed E-state index contributed by atoms with van der Waals surface area (Å²) < 4.78 is 62.4. The van der Waals surface area contributed by atoms with E-state index in [1.54, 1.807) is 6.08 Å². The van der Waals surface area contributed by atoms with Gasteiger partial charge in [0.25, 0.3) is 0 Å². The highest BCUT2D eigenvalue weighted by Gasteiger charge is 2.50. The minimum Gasteiger partial charge on any atom is -0.389 e. The van der Waals surface area contributed by atoms with Crippen molar-refractivity contribution >= 4 is 69.1 Å². The van der Waals surface area contributed by atoms with Crippen LogP contribution in [0.25, 0.3) is 11.2 Å². The Morgan fingerprint density at radius 3 is 2.36 bits per heavy atom. The van der Waals surface area contributed by atoms with Gasteiger partial charge in [-0.15, -0.1) is 0 Å². The van der Waals surface area contributed by atoms with Gasteiger partial charge in [0.05, 0.1) is 25.6 Å². The number of ether oxygens (including phenoxy) is 1. The topological polar surface area (TPSA) is 384 Å². The molecule has 0 aliphatic carbocycles. The molecule has 70 heavy (non-hydrogen) atoms. The molecule has 2 amide bonds. The van der Waals surface area contributed by atoms with E-state index < -0.39 is 90.7 Å². The molecule has 0 radical (unpaired) electrons. The minimum absolute atomic E-state index is 0.0181. The van der Waals surface area contributed by atoms with Crippen LogP contribution in [0.15, 0.2) is 73.4 Å². The van der Waals surface area contributed by atoms with Crippen LogP contribution in [0, 0.1) is 5.41 Å². The molecule has 3 heterocycles. The van der Waals surface area contributed by atoms with Gasteiger partial charge >= 0.3 is 23.5 Å². The molecule has 1 saturated heterocycles. The van der Waals surface area contributed by atoms with E-state index >= 15 is 0 Å². The number of imidazole rings is 1. The fraction of sp³-hybridized carbons (Fsp3) is 0.561. The van der Waals surface area contributed by atoms with E-state index in [1.165, 1.54) is 13.8 Å². The summed E-state index contributed by atoms with van der Waals surface area (Å²) in [5, 5.41) is 36.5. The van der Waals surface area contributed by atoms with Crippen molar-refractivity contribution < 1.29 is 85.6 Å². The summed E-state index contributed by atoms with van der Waals surface area (Å²) in [6.45, 7) is 2.53. The number of unbranched alkanes of at least 4 members (excludes halogenated alkanes) is 1. The molecule has 0 bridgehead atoms. The van der Waals surface area contributed by atoms with Gasteiger partial charge in [-0.2, -0.15) is 4.31 Å². The zero-order chi connectivity index (χ0) is 52.0. The Hall–Kier alpha value is -3.78. The maximum absolute atomic E-state index is 12.7. The van der Waals surface area contributed by atoms with E-state index in [9.17, 15) is 63.0 Å². The molecule has 0 aromatic carbocycles. The third kappa shape index (κ3) is 22.3. The molecule has 2 aromatic rings. The first kappa shape index (κ1) is 60.5. The summed E-state index contributed by atoms with van der Waals surface area (Å²) in [6.07, 6.45) is 17.0. The smallest absolute Gasteiger partial charge is 0.389 e. The van der Waals surface area contributed by atoms with Crippen LogP contribution in [0.3, 0.4) is 0 Å². The Labute approximate surface area is 409 Å². The van der Waals surface area contributed by atoms with Crippen molar-refractivity contribution in [3.63, 3.8) is 0 Å². The maximum atomic E-state index is 12.7. The van der Waals surface area contributed by atoms with E-state index in [-0.39, 0.29) is 41.6 Å². The quantitative estimate of drug-likeness (QED) is 0.0217. The van der Waals surface area contributed by atoms with Crippen LogP contribution in [0.2, 0.25) is 0 Å². The maximum Gasteiger partial charge on any atom is 0.481 e. The number of hydrogen-bond acceptors (Lipinski definition) is 19. The van der Waals surface area contributed by atoms with Crippen LogP contribution in [-0.2, 0) is 50.7 Å². The summed E-state index contributed by atoms with van der Waals surface area (Å²) in [5.41, 5.74) is 4.25. The number of hydrogen-bond donors (Lipinski definition) is 10. The number of allylic oxidation sites excluding steroid dienone is 8. The van der Waals surface area contributed by atoms with Crippen molar-refractivity contribution in [1.82, 2.24) is 30.2 Å². The first-order chi connectivity index (χ1) is 32.9. The van der Waals surface area contributed by atoms with Crippen LogP contribution < -0.4 is 16.4 Å². The van der Waals surface area contributed by atoms with Crippen LogP contribution >= 0.6 is 35.2 Å². The molecule has 1 aliphatic rings. The van der Waals surface area contributed by atoms with E-state index in [4.69, 9.17) is 19.5 Å². The van der Waals surface area contributed by atoms with Gasteiger partial charge in [0.1, 0.15) is 36.3 Å². The number of rotatable bonds is 32. The van der Waals surface area contributed by atoms with E-state index in [0.29, 0.717) is 25.0 Å². The third-order valence-corrected chi connectivity index (χ3v) is 13.8. The summed E-state index contributed by atoms with van der Waals surface area (Å²) in [7, 11) is -16.4. The lowest BCUT2D eigenvalue weighted by atomic mass is 9.87. The first-order valence-electron chi connectivity index (χ1n) is 22.0. The van der Waals surface area contributed by atoms with Gasteiger partial charge in [-0.1, -0.05) is 93.3 Å². The Kier molecular flexibility index (Phi) is 25.7. The summed E-state index contributed by atoms with van der Waals surface area (Å²) >= 11 is 1.09. The van der Waals surface area contributed by atoms with Crippen molar-refractivity contribution in [2.24, 2.45) is 5.41 Å². The third-order valence-electron chi connectivity index (χ3n) is 9.75. The molecular formula is C41H64N7O18P3S. The number of phosphoric acid groups is 3. The lowest BCUT2D eigenvalue weighted by Gasteiger charge is -2.30. The van der Waals surface area contributed by atoms with Crippen LogP contribution in [0.4, 0.5) is 5.82 Å². The number of thioether (sulfide) groups is 1. The number of anilines is 1. The molecule has 25 nitrogen and oxygen atoms in total. The molecule has 1 aliphatic heterocycles. The predicted molar refractivity (Wildman–Crippen MR) is 257 cm³/mol. The number of amides is 2. The highest BCUT2D eigenvalue weighted by atomic mass is 32.2. The number of nitrogen functional groups attached to an aromatic ring is 1. The van der Waals surface area contributed by atoms with Crippen molar-refractivity contribution in [1.29, 1.82) is 0 Å². The van der Waals surface area contributed by atoms with E-state index in [2.05, 4.69) is 53.5 Å². The number of nitrogens with zero attached hydrogens (tertiary/aromatic N) is 4. The Bertz CT molecular complexity index is 2310. The second kappa shape index (κ2) is 29.7. The fourth-order valence-electron chi connectivity index (χ4n) is 6.13. The van der Waals surface area contributed by atoms with Gasteiger partial charge < -0.3 is 56.0 Å². The van der Waals surface area contributed by atoms with Gasteiger partial charge in [-0.25, -0.2) is 28.6 Å². The SMILES string of the molecule is CC/C=C/C/C=C/CC(O)/C=C/C=C/C/C=C/CCCC(=O)SCCNC(=O)CCNC(=O)C(O)C(C)(C)COP(=O)(O)OP(=O)(O)OCC1OC(n2cnc3c(N)ncnc32)C(O)C1OP(=O)(O)O. The number of aliphatic hydroxyl groups excluding tert-OH is 3. The van der Waals surface area contributed by atoms with Crippen molar-refractivity contribution in [3.05, 3.63) is 73.4 Å². The zero-order valence-electron chi connectivity index (χ0n) is 38.8. The summed E-state index contributed by atoms with van der Waals surface area (Å²) in [4.78, 5) is 88.3. The van der Waals surface area contributed by atoms with Gasteiger partial charge in [0, 0.05) is 37.1 Å². The molecule has 8 unspecified atom stereocenters. The Morgan fingerprint density at radius 2 is 1.63 bits per heavy atom. The number of aliphatic hydroxyl groups is 3. The van der Waals surface area contributed by atoms with Gasteiger partial charge in [0.2, 0.25) is 11.8 Å². The highest BCUT2D eigenvalue weighted by molar-refractivity contribution is 8.13. The number of nitrogens with two attached hydrogens (primary N) is 1. The molecule has 8 atom stereocenters. The summed E-state index contributed by atoms with van der Waals surface area (Å²) in [5.74, 6) is -1.14. The molecule has 2 aromatic heterocycles. The van der Waals surface area contributed by atoms with Crippen LogP contribution in [0.1, 0.15) is 78.4 Å². The highest BCUT2D eigenvalue weighted by Crippen LogP contribution is 2.61. The number of aromatic nitrogens is 4. The number of carbonyl (C=O) groups is 3. The average Bonchev–Trinajstić information content (AvgIpc) is 3.85. The minimum atomic E-state index is -5.59. The number of carbonyl (C=O) groups excluding carboxylic acids is 3. The van der Waals surface area contributed by atoms with Gasteiger partial charge in [-0.3, -0.25) is 32.5 Å². The predicted octanol–water partition coefficient (Wildman–Crippen LogP) is 3.56. The summed E-state index contributed by atoms with van der Waals surface area (Å²) in [6, 6.07) is 0. The van der Waals surface area contributed by atoms with Crippen molar-refractivity contribution in [2.45, 2.75) is 109 Å². The van der Waals surface area contributed by atoms with Crippen LogP contribution in [-0.4, -0.2) is 134 Å². The first-order valence-corrected chi connectivity index (χ1v) is 27.5. The van der Waals surface area contributed by atoms with Gasteiger partial charge in [0.15, 0.2) is 22.8 Å². The lowest BCUT2D eigenvalue weighted by molar-refractivity contribution is -0.137. The largest absolute Gasteiger partial charge is 0.481 e. The number of phosphoric ester groups is 3. The number of nitrogens with one attached hydrogen (secondary N) is 2. The molecule has 0 saturated carbocycles. The Balaban J connectivity index is 1.31. The fourth-order valence-corrected chi connectivity index (χ4v) is 9.68. The van der Waals surface area contributed by atoms with Gasteiger partial charge in [-0.05, 0) is 38.5 Å². The van der Waals surface area contributed by atoms with Crippen molar-refractivity contribution in [2.75, 3.05) is 37.8 Å². The average molecular weight is 1070 g/mol.